The number of carboxylic acid groups (broad SMARTS) is 1. The van der Waals surface area contributed by atoms with Gasteiger partial charge < -0.3 is 10.4 Å². The van der Waals surface area contributed by atoms with Crippen LogP contribution in [0.5, 0.6) is 0 Å². The highest BCUT2D eigenvalue weighted by molar-refractivity contribution is 6.42. The van der Waals surface area contributed by atoms with E-state index in [-0.39, 0.29) is 45.3 Å². The van der Waals surface area contributed by atoms with E-state index in [0.29, 0.717) is 70.5 Å². The second-order valence-electron chi connectivity index (χ2n) is 19.9. The SMILES string of the molecule is CC(C)C1=C2C3CCC4C(C)(CCC5C(C)(C)C(CC(=O)C6CC(C(=O)O)C6C)CCC54C)C3CCC2(CCNCc2ccc(Cl)c(Cl)c2)CC1=O. The first-order valence-electron chi connectivity index (χ1n) is 20.6. The highest BCUT2D eigenvalue weighted by atomic mass is 35.5. The van der Waals surface area contributed by atoms with E-state index < -0.39 is 5.97 Å². The minimum absolute atomic E-state index is 0.0260. The number of nitrogens with one attached hydrogen (secondary N) is 1. The highest BCUT2D eigenvalue weighted by Crippen LogP contribution is 2.74. The average molecular weight is 753 g/mol. The van der Waals surface area contributed by atoms with Crippen molar-refractivity contribution in [1.29, 1.82) is 0 Å². The van der Waals surface area contributed by atoms with Crippen molar-refractivity contribution in [3.8, 4) is 0 Å². The molecule has 5 fully saturated rings. The minimum atomic E-state index is -0.751. The third kappa shape index (κ3) is 6.08. The Hall–Kier alpha value is -1.69. The highest BCUT2D eigenvalue weighted by Gasteiger charge is 2.66. The lowest BCUT2D eigenvalue weighted by Gasteiger charge is -2.69. The third-order valence-electron chi connectivity index (χ3n) is 17.0. The number of benzene rings is 1. The average Bonchev–Trinajstić information content (AvgIpc) is 3.37. The molecule has 0 spiro atoms. The van der Waals surface area contributed by atoms with Gasteiger partial charge in [-0.2, -0.15) is 0 Å². The number of halogens is 2. The van der Waals surface area contributed by atoms with Crippen LogP contribution < -0.4 is 5.32 Å². The molecule has 11 unspecified atom stereocenters. The zero-order valence-electron chi connectivity index (χ0n) is 32.8. The van der Waals surface area contributed by atoms with Crippen molar-refractivity contribution in [2.75, 3.05) is 6.54 Å². The second-order valence-corrected chi connectivity index (χ2v) is 20.7. The number of rotatable bonds is 10. The number of carboxylic acids is 1. The summed E-state index contributed by atoms with van der Waals surface area (Å²) in [5.74, 6) is 2.42. The van der Waals surface area contributed by atoms with Gasteiger partial charge in [-0.1, -0.05) is 83.3 Å². The van der Waals surface area contributed by atoms with E-state index in [2.05, 4.69) is 46.9 Å². The predicted octanol–water partition coefficient (Wildman–Crippen LogP) is 11.0. The first-order chi connectivity index (χ1) is 24.4. The fraction of sp³-hybridized carbons (Fsp3) is 0.756. The van der Waals surface area contributed by atoms with E-state index in [9.17, 15) is 19.5 Å². The summed E-state index contributed by atoms with van der Waals surface area (Å²) in [4.78, 5) is 39.1. The van der Waals surface area contributed by atoms with Gasteiger partial charge in [0.2, 0.25) is 0 Å². The summed E-state index contributed by atoms with van der Waals surface area (Å²) < 4.78 is 0. The van der Waals surface area contributed by atoms with E-state index in [1.54, 1.807) is 5.57 Å². The fourth-order valence-corrected chi connectivity index (χ4v) is 14.6. The number of Topliss-reactive ketones (excluding diaryl/α,β-unsaturated/α-hetero) is 2. The standard InChI is InChI=1S/C45H63Cl2NO4/c1-25(2)39-36(50)23-45(18-19-48-24-27-8-10-33(46)34(47)20-27)17-13-32-29(40(39)45)9-11-38-43(32,6)16-14-37-42(4,5)28(12-15-44(37,38)7)21-35(49)30-22-31(26(30)3)41(51)52/h8,10,20,25-26,28-32,37-38,48H,9,11-19,21-24H2,1-7H3,(H,51,52). The molecule has 0 aromatic heterocycles. The van der Waals surface area contributed by atoms with Crippen LogP contribution in [0.15, 0.2) is 29.3 Å². The molecule has 7 rings (SSSR count). The van der Waals surface area contributed by atoms with Crippen molar-refractivity contribution in [3.63, 3.8) is 0 Å². The van der Waals surface area contributed by atoms with E-state index in [4.69, 9.17) is 23.2 Å². The van der Waals surface area contributed by atoms with Crippen molar-refractivity contribution in [1.82, 2.24) is 5.32 Å². The Labute approximate surface area is 322 Å². The van der Waals surface area contributed by atoms with Gasteiger partial charge in [0.15, 0.2) is 5.78 Å². The number of hydrogen-bond donors (Lipinski definition) is 2. The van der Waals surface area contributed by atoms with Gasteiger partial charge in [-0.25, -0.2) is 0 Å². The van der Waals surface area contributed by atoms with Crippen LogP contribution in [0, 0.1) is 74.9 Å². The molecule has 5 nitrogen and oxygen atoms in total. The van der Waals surface area contributed by atoms with Gasteiger partial charge >= 0.3 is 5.97 Å². The first kappa shape index (κ1) is 38.6. The Morgan fingerprint density at radius 1 is 0.923 bits per heavy atom. The van der Waals surface area contributed by atoms with Crippen LogP contribution in [0.25, 0.3) is 0 Å². The monoisotopic (exact) mass is 751 g/mol. The number of ketones is 2. The zero-order chi connectivity index (χ0) is 37.5. The predicted molar refractivity (Wildman–Crippen MR) is 209 cm³/mol. The maximum atomic E-state index is 13.9. The Morgan fingerprint density at radius 2 is 1.65 bits per heavy atom. The minimum Gasteiger partial charge on any atom is -0.481 e. The van der Waals surface area contributed by atoms with Crippen LogP contribution in [-0.4, -0.2) is 29.2 Å². The maximum absolute atomic E-state index is 13.9. The van der Waals surface area contributed by atoms with Crippen LogP contribution in [-0.2, 0) is 20.9 Å². The smallest absolute Gasteiger partial charge is 0.306 e. The Morgan fingerprint density at radius 3 is 2.33 bits per heavy atom. The third-order valence-corrected chi connectivity index (χ3v) is 17.8. The van der Waals surface area contributed by atoms with Crippen LogP contribution in [0.3, 0.4) is 0 Å². The molecular weight excluding hydrogens is 689 g/mol. The van der Waals surface area contributed by atoms with Crippen LogP contribution in [0.2, 0.25) is 10.0 Å². The van der Waals surface area contributed by atoms with Crippen LogP contribution in [0.1, 0.15) is 131 Å². The molecule has 0 bridgehead atoms. The zero-order valence-corrected chi connectivity index (χ0v) is 34.3. The van der Waals surface area contributed by atoms with Crippen LogP contribution in [0.4, 0.5) is 0 Å². The molecule has 7 heteroatoms. The van der Waals surface area contributed by atoms with E-state index >= 15 is 0 Å². The summed E-state index contributed by atoms with van der Waals surface area (Å²) in [5.41, 5.74) is 4.38. The quantitative estimate of drug-likeness (QED) is 0.233. The van der Waals surface area contributed by atoms with Gasteiger partial charge in [-0.15, -0.1) is 0 Å². The molecule has 286 valence electrons. The summed E-state index contributed by atoms with van der Waals surface area (Å²) in [6.07, 6.45) is 12.3. The summed E-state index contributed by atoms with van der Waals surface area (Å²) in [6.45, 7) is 18.2. The van der Waals surface area contributed by atoms with E-state index in [1.807, 2.05) is 25.1 Å². The molecule has 0 radical (unpaired) electrons. The lowest BCUT2D eigenvalue weighted by atomic mass is 9.35. The molecule has 0 saturated heterocycles. The van der Waals surface area contributed by atoms with Crippen LogP contribution >= 0.6 is 23.2 Å². The molecule has 5 saturated carbocycles. The summed E-state index contributed by atoms with van der Waals surface area (Å²) in [6, 6.07) is 5.83. The Balaban J connectivity index is 1.08. The van der Waals surface area contributed by atoms with Crippen molar-refractivity contribution in [3.05, 3.63) is 45.0 Å². The molecule has 0 aliphatic heterocycles. The number of carbonyl (C=O) groups is 3. The maximum Gasteiger partial charge on any atom is 0.306 e. The normalized spacial score (nSPS) is 40.8. The lowest BCUT2D eigenvalue weighted by molar-refractivity contribution is -0.193. The summed E-state index contributed by atoms with van der Waals surface area (Å²) in [7, 11) is 0. The summed E-state index contributed by atoms with van der Waals surface area (Å²) in [5, 5.41) is 14.4. The molecular formula is C45H63Cl2NO4. The number of hydrogen-bond acceptors (Lipinski definition) is 4. The van der Waals surface area contributed by atoms with Gasteiger partial charge in [-0.05, 0) is 152 Å². The molecule has 11 atom stereocenters. The van der Waals surface area contributed by atoms with E-state index in [0.717, 1.165) is 37.9 Å². The number of carbonyl (C=O) groups excluding carboxylic acids is 2. The molecule has 0 heterocycles. The van der Waals surface area contributed by atoms with E-state index in [1.165, 1.54) is 44.1 Å². The molecule has 2 N–H and O–H groups in total. The molecule has 1 aromatic rings. The Kier molecular flexibility index (Phi) is 10.2. The fourth-order valence-electron chi connectivity index (χ4n) is 14.3. The number of allylic oxidation sites excluding steroid dienone is 2. The molecule has 1 aromatic carbocycles. The largest absolute Gasteiger partial charge is 0.481 e. The van der Waals surface area contributed by atoms with Gasteiger partial charge in [0.1, 0.15) is 5.78 Å². The van der Waals surface area contributed by atoms with Crippen molar-refractivity contribution in [2.45, 2.75) is 132 Å². The number of fused-ring (bicyclic) bond motifs is 7. The molecule has 6 aliphatic rings. The molecule has 52 heavy (non-hydrogen) atoms. The molecule has 6 aliphatic carbocycles. The van der Waals surface area contributed by atoms with Crippen molar-refractivity contribution >= 4 is 40.7 Å². The molecule has 0 amide bonds. The van der Waals surface area contributed by atoms with Gasteiger partial charge in [-0.3, -0.25) is 14.4 Å². The van der Waals surface area contributed by atoms with Gasteiger partial charge in [0.25, 0.3) is 0 Å². The second kappa shape index (κ2) is 13.8. The van der Waals surface area contributed by atoms with Gasteiger partial charge in [0, 0.05) is 30.7 Å². The number of aliphatic carboxylic acids is 1. The van der Waals surface area contributed by atoms with Crippen molar-refractivity contribution in [2.24, 2.45) is 74.9 Å². The lowest BCUT2D eigenvalue weighted by Crippen LogP contribution is -2.62. The topological polar surface area (TPSA) is 83.5 Å². The Bertz CT molecular complexity index is 1650. The first-order valence-corrected chi connectivity index (χ1v) is 21.4. The summed E-state index contributed by atoms with van der Waals surface area (Å²) >= 11 is 12.5. The van der Waals surface area contributed by atoms with Crippen molar-refractivity contribution < 1.29 is 19.5 Å². The van der Waals surface area contributed by atoms with Gasteiger partial charge in [0.05, 0.1) is 16.0 Å².